The molecule has 6 rings (SSSR count). The first-order valence-corrected chi connectivity index (χ1v) is 11.5. The number of hydrogen-bond donors (Lipinski definition) is 1. The Labute approximate surface area is 176 Å². The summed E-state index contributed by atoms with van der Waals surface area (Å²) in [5, 5.41) is 7.51. The first-order chi connectivity index (χ1) is 14.6. The SMILES string of the molecule is O=C(NC1CCC(n2cncn2)CC1)[C@H]1[C@@H]2C=C[C@@]3(CN(C4CCCC4)C(=O)[C@@H]13)O2. The molecule has 1 aromatic heterocycles. The molecule has 2 bridgehead atoms. The van der Waals surface area contributed by atoms with Gasteiger partial charge in [0, 0.05) is 12.1 Å². The van der Waals surface area contributed by atoms with Crippen molar-refractivity contribution in [2.24, 2.45) is 11.8 Å². The molecule has 30 heavy (non-hydrogen) atoms. The van der Waals surface area contributed by atoms with Crippen molar-refractivity contribution in [3.05, 3.63) is 24.8 Å². The maximum Gasteiger partial charge on any atom is 0.230 e. The molecule has 0 unspecified atom stereocenters. The highest BCUT2D eigenvalue weighted by atomic mass is 16.5. The van der Waals surface area contributed by atoms with Gasteiger partial charge in [0.1, 0.15) is 18.3 Å². The van der Waals surface area contributed by atoms with Gasteiger partial charge < -0.3 is 15.0 Å². The summed E-state index contributed by atoms with van der Waals surface area (Å²) in [4.78, 5) is 32.7. The minimum Gasteiger partial charge on any atom is -0.360 e. The van der Waals surface area contributed by atoms with Gasteiger partial charge in [0.15, 0.2) is 0 Å². The molecule has 2 saturated heterocycles. The lowest BCUT2D eigenvalue weighted by Crippen LogP contribution is -2.48. The number of aromatic nitrogens is 3. The second kappa shape index (κ2) is 6.90. The molecule has 1 aromatic rings. The Kier molecular flexibility index (Phi) is 4.27. The molecule has 1 spiro atoms. The number of carbonyl (C=O) groups excluding carboxylic acids is 2. The molecule has 5 aliphatic rings. The van der Waals surface area contributed by atoms with E-state index in [2.05, 4.69) is 21.5 Å². The van der Waals surface area contributed by atoms with Crippen LogP contribution in [0.25, 0.3) is 0 Å². The fourth-order valence-corrected chi connectivity index (χ4v) is 6.54. The summed E-state index contributed by atoms with van der Waals surface area (Å²) < 4.78 is 8.20. The number of nitrogens with one attached hydrogen (secondary N) is 1. The largest absolute Gasteiger partial charge is 0.360 e. The van der Waals surface area contributed by atoms with E-state index >= 15 is 0 Å². The van der Waals surface area contributed by atoms with Crippen molar-refractivity contribution in [2.45, 2.75) is 81.2 Å². The van der Waals surface area contributed by atoms with Gasteiger partial charge in [-0.15, -0.1) is 0 Å². The normalized spacial score (nSPS) is 40.3. The van der Waals surface area contributed by atoms with E-state index in [9.17, 15) is 9.59 Å². The standard InChI is InChI=1S/C22H29N5O3/c28-20(25-14-5-7-16(8-6-14)27-13-23-12-24-27)18-17-9-10-22(30-17)11-26(21(29)19(18)22)15-3-1-2-4-15/h9-10,12-19H,1-8,11H2,(H,25,28)/t14?,16?,17-,18-,19+,22-/m0/s1. The number of rotatable bonds is 4. The zero-order valence-corrected chi connectivity index (χ0v) is 17.2. The predicted octanol–water partition coefficient (Wildman–Crippen LogP) is 1.60. The van der Waals surface area contributed by atoms with Crippen LogP contribution in [-0.2, 0) is 14.3 Å². The van der Waals surface area contributed by atoms with Gasteiger partial charge in [-0.3, -0.25) is 9.59 Å². The Hall–Kier alpha value is -2.22. The van der Waals surface area contributed by atoms with Crippen LogP contribution in [0, 0.1) is 11.8 Å². The topological polar surface area (TPSA) is 89.4 Å². The van der Waals surface area contributed by atoms with E-state index in [1.807, 2.05) is 15.7 Å². The van der Waals surface area contributed by atoms with Gasteiger partial charge in [-0.2, -0.15) is 5.10 Å². The average molecular weight is 412 g/mol. The van der Waals surface area contributed by atoms with Gasteiger partial charge in [0.25, 0.3) is 0 Å². The smallest absolute Gasteiger partial charge is 0.230 e. The first kappa shape index (κ1) is 18.5. The van der Waals surface area contributed by atoms with Crippen LogP contribution < -0.4 is 5.32 Å². The summed E-state index contributed by atoms with van der Waals surface area (Å²) in [5.41, 5.74) is -0.586. The molecule has 0 radical (unpaired) electrons. The summed E-state index contributed by atoms with van der Waals surface area (Å²) in [5.74, 6) is -0.646. The lowest BCUT2D eigenvalue weighted by molar-refractivity contribution is -0.139. The Morgan fingerprint density at radius 1 is 1.13 bits per heavy atom. The maximum atomic E-state index is 13.4. The van der Waals surface area contributed by atoms with Crippen molar-refractivity contribution in [1.82, 2.24) is 25.0 Å². The van der Waals surface area contributed by atoms with Crippen LogP contribution in [0.3, 0.4) is 0 Å². The van der Waals surface area contributed by atoms with Crippen molar-refractivity contribution >= 4 is 11.8 Å². The fraction of sp³-hybridized carbons (Fsp3) is 0.727. The number of carbonyl (C=O) groups is 2. The zero-order valence-electron chi connectivity index (χ0n) is 17.2. The monoisotopic (exact) mass is 411 g/mol. The highest BCUT2D eigenvalue weighted by Crippen LogP contribution is 2.53. The number of nitrogens with zero attached hydrogens (tertiary/aromatic N) is 4. The van der Waals surface area contributed by atoms with Gasteiger partial charge in [0.05, 0.1) is 30.5 Å². The Morgan fingerprint density at radius 3 is 2.67 bits per heavy atom. The van der Waals surface area contributed by atoms with Crippen LogP contribution >= 0.6 is 0 Å². The van der Waals surface area contributed by atoms with E-state index in [-0.39, 0.29) is 29.9 Å². The van der Waals surface area contributed by atoms with E-state index in [0.717, 1.165) is 38.5 Å². The van der Waals surface area contributed by atoms with E-state index in [1.165, 1.54) is 12.8 Å². The molecule has 2 aliphatic carbocycles. The number of likely N-dealkylation sites (tertiary alicyclic amines) is 1. The molecular formula is C22H29N5O3. The van der Waals surface area contributed by atoms with E-state index in [0.29, 0.717) is 18.6 Å². The van der Waals surface area contributed by atoms with Crippen molar-refractivity contribution in [3.8, 4) is 0 Å². The second-order valence-corrected chi connectivity index (χ2v) is 9.69. The second-order valence-electron chi connectivity index (χ2n) is 9.69. The number of fused-ring (bicyclic) bond motifs is 1. The molecule has 8 nitrogen and oxygen atoms in total. The molecule has 4 atom stereocenters. The Bertz CT molecular complexity index is 856. The quantitative estimate of drug-likeness (QED) is 0.761. The van der Waals surface area contributed by atoms with Crippen LogP contribution in [0.15, 0.2) is 24.8 Å². The lowest BCUT2D eigenvalue weighted by Gasteiger charge is -2.31. The minimum absolute atomic E-state index is 0.0120. The predicted molar refractivity (Wildman–Crippen MR) is 107 cm³/mol. The third-order valence-corrected chi connectivity index (χ3v) is 8.05. The van der Waals surface area contributed by atoms with Crippen LogP contribution in [0.5, 0.6) is 0 Å². The molecule has 0 aromatic carbocycles. The summed E-state index contributed by atoms with van der Waals surface area (Å²) in [6, 6.07) is 0.831. The third kappa shape index (κ3) is 2.76. The fourth-order valence-electron chi connectivity index (χ4n) is 6.54. The zero-order chi connectivity index (χ0) is 20.3. The summed E-state index contributed by atoms with van der Waals surface area (Å²) >= 11 is 0. The number of ether oxygens (including phenoxy) is 1. The summed E-state index contributed by atoms with van der Waals surface area (Å²) in [6.45, 7) is 0.612. The lowest BCUT2D eigenvalue weighted by atomic mass is 9.76. The molecule has 8 heteroatoms. The Balaban J connectivity index is 1.13. The third-order valence-electron chi connectivity index (χ3n) is 8.05. The molecule has 2 saturated carbocycles. The van der Waals surface area contributed by atoms with E-state index < -0.39 is 11.5 Å². The summed E-state index contributed by atoms with van der Waals surface area (Å²) in [7, 11) is 0. The van der Waals surface area contributed by atoms with Crippen molar-refractivity contribution in [3.63, 3.8) is 0 Å². The molecule has 4 fully saturated rings. The van der Waals surface area contributed by atoms with Crippen LogP contribution in [0.1, 0.15) is 57.4 Å². The molecule has 160 valence electrons. The highest BCUT2D eigenvalue weighted by Gasteiger charge is 2.67. The van der Waals surface area contributed by atoms with Gasteiger partial charge in [-0.05, 0) is 38.5 Å². The number of amides is 2. The first-order valence-electron chi connectivity index (χ1n) is 11.5. The van der Waals surface area contributed by atoms with Crippen LogP contribution in [0.4, 0.5) is 0 Å². The highest BCUT2D eigenvalue weighted by molar-refractivity contribution is 5.93. The average Bonchev–Trinajstić information content (AvgIpc) is 3.55. The summed E-state index contributed by atoms with van der Waals surface area (Å²) in [6.07, 6.45) is 15.4. The Morgan fingerprint density at radius 2 is 1.93 bits per heavy atom. The molecule has 1 N–H and O–H groups in total. The van der Waals surface area contributed by atoms with Gasteiger partial charge >= 0.3 is 0 Å². The van der Waals surface area contributed by atoms with E-state index in [4.69, 9.17) is 4.74 Å². The van der Waals surface area contributed by atoms with Crippen LogP contribution in [-0.4, -0.2) is 61.8 Å². The molecule has 2 amide bonds. The van der Waals surface area contributed by atoms with Crippen molar-refractivity contribution in [2.75, 3.05) is 6.54 Å². The number of hydrogen-bond acceptors (Lipinski definition) is 5. The minimum atomic E-state index is -0.586. The maximum absolute atomic E-state index is 13.4. The van der Waals surface area contributed by atoms with Gasteiger partial charge in [-0.1, -0.05) is 25.0 Å². The van der Waals surface area contributed by atoms with Gasteiger partial charge in [-0.25, -0.2) is 9.67 Å². The van der Waals surface area contributed by atoms with Crippen LogP contribution in [0.2, 0.25) is 0 Å². The van der Waals surface area contributed by atoms with Crippen molar-refractivity contribution in [1.29, 1.82) is 0 Å². The van der Waals surface area contributed by atoms with Gasteiger partial charge in [0.2, 0.25) is 11.8 Å². The molecule has 4 heterocycles. The van der Waals surface area contributed by atoms with E-state index in [1.54, 1.807) is 12.7 Å². The van der Waals surface area contributed by atoms with Crippen molar-refractivity contribution < 1.29 is 14.3 Å². The molecule has 3 aliphatic heterocycles. The molecular weight excluding hydrogens is 382 g/mol.